The van der Waals surface area contributed by atoms with Gasteiger partial charge in [0.25, 0.3) is 0 Å². The average Bonchev–Trinajstić information content (AvgIpc) is 2.57. The lowest BCUT2D eigenvalue weighted by molar-refractivity contribution is -0.161. The Morgan fingerprint density at radius 1 is 1.22 bits per heavy atom. The largest absolute Gasteiger partial charge is 0.512 e. The van der Waals surface area contributed by atoms with E-state index in [2.05, 4.69) is 19.2 Å². The fourth-order valence-corrected chi connectivity index (χ4v) is 3.78. The van der Waals surface area contributed by atoms with E-state index in [-0.39, 0.29) is 5.76 Å². The van der Waals surface area contributed by atoms with Gasteiger partial charge in [-0.25, -0.2) is 9.59 Å². The minimum atomic E-state index is -1.10. The molecule has 6 heteroatoms. The van der Waals surface area contributed by atoms with E-state index in [9.17, 15) is 14.7 Å². The van der Waals surface area contributed by atoms with Crippen molar-refractivity contribution in [3.63, 3.8) is 0 Å². The number of cyclic esters (lactones) is 1. The number of aryl methyl sites for hydroxylation is 1. The van der Waals surface area contributed by atoms with Crippen molar-refractivity contribution in [2.45, 2.75) is 70.8 Å². The summed E-state index contributed by atoms with van der Waals surface area (Å²) >= 11 is 0. The van der Waals surface area contributed by atoms with Gasteiger partial charge in [0, 0.05) is 12.1 Å². The van der Waals surface area contributed by atoms with Gasteiger partial charge >= 0.3 is 12.1 Å². The molecule has 6 nitrogen and oxygen atoms in total. The van der Waals surface area contributed by atoms with E-state index in [1.165, 1.54) is 0 Å². The first-order valence-corrected chi connectivity index (χ1v) is 9.62. The van der Waals surface area contributed by atoms with Gasteiger partial charge in [-0.15, -0.1) is 0 Å². The molecule has 0 aliphatic carbocycles. The van der Waals surface area contributed by atoms with E-state index >= 15 is 0 Å². The molecule has 0 radical (unpaired) electrons. The third-order valence-corrected chi connectivity index (χ3v) is 4.88. The average molecular weight is 375 g/mol. The molecule has 2 rings (SSSR count). The Morgan fingerprint density at radius 2 is 1.93 bits per heavy atom. The van der Waals surface area contributed by atoms with Crippen molar-refractivity contribution >= 4 is 17.7 Å². The van der Waals surface area contributed by atoms with Crippen LogP contribution < -0.4 is 5.32 Å². The van der Waals surface area contributed by atoms with E-state index in [0.29, 0.717) is 36.9 Å². The number of esters is 1. The fourth-order valence-electron chi connectivity index (χ4n) is 3.78. The smallest absolute Gasteiger partial charge is 0.409 e. The van der Waals surface area contributed by atoms with Gasteiger partial charge in [0.15, 0.2) is 0 Å². The van der Waals surface area contributed by atoms with Crippen LogP contribution in [0.5, 0.6) is 0 Å². The minimum absolute atomic E-state index is 0.162. The summed E-state index contributed by atoms with van der Waals surface area (Å²) in [6.07, 6.45) is 4.39. The maximum atomic E-state index is 12.5. The third-order valence-electron chi connectivity index (χ3n) is 4.88. The van der Waals surface area contributed by atoms with Gasteiger partial charge < -0.3 is 14.9 Å². The third kappa shape index (κ3) is 5.74. The van der Waals surface area contributed by atoms with Crippen LogP contribution in [-0.2, 0) is 16.0 Å². The Kier molecular flexibility index (Phi) is 7.28. The van der Waals surface area contributed by atoms with Gasteiger partial charge in [-0.2, -0.15) is 0 Å². The van der Waals surface area contributed by atoms with Gasteiger partial charge in [-0.3, -0.25) is 5.32 Å². The molecule has 0 bridgehead atoms. The molecule has 0 unspecified atom stereocenters. The van der Waals surface area contributed by atoms with Crippen molar-refractivity contribution in [2.75, 3.05) is 5.32 Å². The fraction of sp³-hybridized carbons (Fsp3) is 0.524. The molecule has 1 heterocycles. The Bertz CT molecular complexity index is 704. The summed E-state index contributed by atoms with van der Waals surface area (Å²) in [6, 6.07) is 7.16. The van der Waals surface area contributed by atoms with Gasteiger partial charge in [0.2, 0.25) is 0 Å². The second kappa shape index (κ2) is 9.44. The second-order valence-corrected chi connectivity index (χ2v) is 7.16. The van der Waals surface area contributed by atoms with Crippen molar-refractivity contribution in [3.05, 3.63) is 41.2 Å². The number of aliphatic hydroxyl groups excluding tert-OH is 1. The number of carbonyl (C=O) groups is 2. The highest BCUT2D eigenvalue weighted by atomic mass is 16.6. The van der Waals surface area contributed by atoms with Crippen LogP contribution in [0.2, 0.25) is 0 Å². The van der Waals surface area contributed by atoms with Gasteiger partial charge in [-0.1, -0.05) is 38.8 Å². The van der Waals surface area contributed by atoms with Crippen molar-refractivity contribution in [3.8, 4) is 0 Å². The highest BCUT2D eigenvalue weighted by Crippen LogP contribution is 2.37. The van der Waals surface area contributed by atoms with Gasteiger partial charge in [0.1, 0.15) is 11.4 Å². The summed E-state index contributed by atoms with van der Waals surface area (Å²) in [4.78, 5) is 23.2. The van der Waals surface area contributed by atoms with E-state index in [0.717, 1.165) is 31.2 Å². The highest BCUT2D eigenvalue weighted by Gasteiger charge is 2.40. The number of carbonyl (C=O) groups excluding carboxylic acids is 1. The Balaban J connectivity index is 1.99. The number of carboxylic acid groups (broad SMARTS) is 1. The predicted molar refractivity (Wildman–Crippen MR) is 104 cm³/mol. The van der Waals surface area contributed by atoms with Crippen LogP contribution in [-0.4, -0.2) is 27.9 Å². The van der Waals surface area contributed by atoms with Crippen LogP contribution >= 0.6 is 0 Å². The molecule has 1 aromatic rings. The van der Waals surface area contributed by atoms with Crippen molar-refractivity contribution in [1.29, 1.82) is 0 Å². The summed E-state index contributed by atoms with van der Waals surface area (Å²) in [7, 11) is 0. The lowest BCUT2D eigenvalue weighted by atomic mass is 9.84. The molecule has 0 fully saturated rings. The summed E-state index contributed by atoms with van der Waals surface area (Å²) in [5.74, 6) is -0.239. The van der Waals surface area contributed by atoms with E-state index in [4.69, 9.17) is 9.84 Å². The van der Waals surface area contributed by atoms with Crippen molar-refractivity contribution in [1.82, 2.24) is 0 Å². The van der Waals surface area contributed by atoms with Gasteiger partial charge in [-0.05, 0) is 49.8 Å². The number of amides is 1. The van der Waals surface area contributed by atoms with Crippen LogP contribution in [0.25, 0.3) is 0 Å². The standard InChI is InChI=1S/C21H29NO5/c1-3-11-21(12-4-2)14-18(23)17(19(24)27-21)10-6-8-15-7-5-9-16(13-15)22-20(25)26/h5,7,9,13,22-23H,3-4,6,8,10-12,14H2,1-2H3,(H,25,26). The summed E-state index contributed by atoms with van der Waals surface area (Å²) in [5, 5.41) is 21.6. The van der Waals surface area contributed by atoms with Gasteiger partial charge in [0.05, 0.1) is 5.57 Å². The molecule has 1 aromatic carbocycles. The first-order chi connectivity index (χ1) is 12.9. The summed E-state index contributed by atoms with van der Waals surface area (Å²) in [6.45, 7) is 4.10. The van der Waals surface area contributed by atoms with Crippen LogP contribution in [0.3, 0.4) is 0 Å². The monoisotopic (exact) mass is 375 g/mol. The zero-order chi connectivity index (χ0) is 19.9. The maximum absolute atomic E-state index is 12.5. The van der Waals surface area contributed by atoms with Crippen LogP contribution in [0, 0.1) is 0 Å². The van der Waals surface area contributed by atoms with Crippen molar-refractivity contribution in [2.24, 2.45) is 0 Å². The number of rotatable bonds is 9. The van der Waals surface area contributed by atoms with E-state index in [1.54, 1.807) is 18.2 Å². The molecule has 0 spiro atoms. The molecular weight excluding hydrogens is 346 g/mol. The first kappa shape index (κ1) is 20.8. The van der Waals surface area contributed by atoms with Crippen LogP contribution in [0.1, 0.15) is 64.4 Å². The quantitative estimate of drug-likeness (QED) is 0.516. The number of aliphatic hydroxyl groups is 1. The number of anilines is 1. The summed E-state index contributed by atoms with van der Waals surface area (Å²) < 4.78 is 5.77. The highest BCUT2D eigenvalue weighted by molar-refractivity contribution is 5.90. The van der Waals surface area contributed by atoms with Crippen LogP contribution in [0.4, 0.5) is 10.5 Å². The molecule has 27 heavy (non-hydrogen) atoms. The molecule has 148 valence electrons. The Labute approximate surface area is 160 Å². The lowest BCUT2D eigenvalue weighted by Crippen LogP contribution is -2.40. The van der Waals surface area contributed by atoms with E-state index in [1.807, 2.05) is 6.07 Å². The molecular formula is C21H29NO5. The van der Waals surface area contributed by atoms with Crippen molar-refractivity contribution < 1.29 is 24.5 Å². The predicted octanol–water partition coefficient (Wildman–Crippen LogP) is 5.20. The molecule has 0 aromatic heterocycles. The SMILES string of the molecule is CCCC1(CCC)CC(O)=C(CCCc2cccc(NC(=O)O)c2)C(=O)O1. The number of ether oxygens (including phenoxy) is 1. The Hall–Kier alpha value is -2.50. The molecule has 1 aliphatic rings. The normalized spacial score (nSPS) is 16.1. The first-order valence-electron chi connectivity index (χ1n) is 9.62. The number of hydrogen-bond acceptors (Lipinski definition) is 4. The maximum Gasteiger partial charge on any atom is 0.409 e. The van der Waals surface area contributed by atoms with Crippen LogP contribution in [0.15, 0.2) is 35.6 Å². The topological polar surface area (TPSA) is 95.9 Å². The number of benzene rings is 1. The molecule has 0 atom stereocenters. The van der Waals surface area contributed by atoms with E-state index < -0.39 is 17.7 Å². The molecule has 1 aliphatic heterocycles. The zero-order valence-corrected chi connectivity index (χ0v) is 16.1. The Morgan fingerprint density at radius 3 is 2.52 bits per heavy atom. The molecule has 3 N–H and O–H groups in total. The number of hydrogen-bond donors (Lipinski definition) is 3. The molecule has 0 saturated carbocycles. The summed E-state index contributed by atoms with van der Waals surface area (Å²) in [5.41, 5.74) is 1.29. The zero-order valence-electron chi connectivity index (χ0n) is 16.1. The molecule has 1 amide bonds. The number of nitrogens with one attached hydrogen (secondary N) is 1. The second-order valence-electron chi connectivity index (χ2n) is 7.16. The lowest BCUT2D eigenvalue weighted by Gasteiger charge is -2.37. The molecule has 0 saturated heterocycles. The minimum Gasteiger partial charge on any atom is -0.512 e.